The molecule has 0 aromatic heterocycles. The van der Waals surface area contributed by atoms with Gasteiger partial charge in [0.2, 0.25) is 0 Å². The molecule has 11 heavy (non-hydrogen) atoms. The molecule has 64 valence electrons. The van der Waals surface area contributed by atoms with Gasteiger partial charge < -0.3 is 10.4 Å². The molecule has 0 spiro atoms. The Hall–Kier alpha value is -0.0800. The van der Waals surface area contributed by atoms with Gasteiger partial charge in [-0.15, -0.1) is 0 Å². The van der Waals surface area contributed by atoms with Crippen LogP contribution in [0.5, 0.6) is 0 Å². The van der Waals surface area contributed by atoms with Crippen molar-refractivity contribution in [1.82, 2.24) is 5.32 Å². The predicted molar refractivity (Wildman–Crippen MR) is 44.3 cm³/mol. The van der Waals surface area contributed by atoms with Crippen LogP contribution in [0, 0.1) is 11.8 Å². The Bertz CT molecular complexity index is 138. The maximum atomic E-state index is 9.11. The van der Waals surface area contributed by atoms with E-state index in [2.05, 4.69) is 5.32 Å². The first kappa shape index (κ1) is 7.56. The van der Waals surface area contributed by atoms with E-state index in [1.165, 1.54) is 25.7 Å². The number of hydrogen-bond donors (Lipinski definition) is 2. The number of aliphatic hydroxyl groups is 1. The Kier molecular flexibility index (Phi) is 2.14. The summed E-state index contributed by atoms with van der Waals surface area (Å²) in [6.07, 6.45) is 5.21. The van der Waals surface area contributed by atoms with Gasteiger partial charge in [0.25, 0.3) is 0 Å². The van der Waals surface area contributed by atoms with E-state index in [-0.39, 0.29) is 0 Å². The topological polar surface area (TPSA) is 32.3 Å². The molecule has 2 aliphatic rings. The van der Waals surface area contributed by atoms with Gasteiger partial charge in [0.05, 0.1) is 0 Å². The summed E-state index contributed by atoms with van der Waals surface area (Å²) >= 11 is 0. The predicted octanol–water partition coefficient (Wildman–Crippen LogP) is 0.757. The monoisotopic (exact) mass is 155 g/mol. The normalized spacial score (nSPS) is 43.9. The second-order valence-electron chi connectivity index (χ2n) is 3.89. The van der Waals surface area contributed by atoms with Crippen molar-refractivity contribution < 1.29 is 5.11 Å². The van der Waals surface area contributed by atoms with E-state index in [4.69, 9.17) is 5.11 Å². The van der Waals surface area contributed by atoms with Crippen LogP contribution in [0.3, 0.4) is 0 Å². The Morgan fingerprint density at radius 2 is 2.18 bits per heavy atom. The van der Waals surface area contributed by atoms with Gasteiger partial charge in [-0.05, 0) is 37.6 Å². The van der Waals surface area contributed by atoms with Crippen molar-refractivity contribution in [3.63, 3.8) is 0 Å². The molecule has 1 aliphatic heterocycles. The molecule has 1 heterocycles. The molecule has 3 unspecified atom stereocenters. The number of rotatable bonds is 1. The Morgan fingerprint density at radius 3 is 3.00 bits per heavy atom. The van der Waals surface area contributed by atoms with Crippen LogP contribution in [-0.2, 0) is 0 Å². The van der Waals surface area contributed by atoms with Crippen LogP contribution < -0.4 is 5.32 Å². The zero-order chi connectivity index (χ0) is 7.68. The minimum absolute atomic E-state index is 0.406. The maximum absolute atomic E-state index is 9.11. The van der Waals surface area contributed by atoms with E-state index in [1.54, 1.807) is 0 Å². The van der Waals surface area contributed by atoms with Gasteiger partial charge >= 0.3 is 0 Å². The quantitative estimate of drug-likeness (QED) is 0.586. The van der Waals surface area contributed by atoms with Gasteiger partial charge in [-0.2, -0.15) is 0 Å². The summed E-state index contributed by atoms with van der Waals surface area (Å²) in [7, 11) is 0. The molecule has 1 aliphatic carbocycles. The Labute approximate surface area is 68.0 Å². The van der Waals surface area contributed by atoms with E-state index in [1.807, 2.05) is 0 Å². The first-order valence-corrected chi connectivity index (χ1v) is 4.76. The lowest BCUT2D eigenvalue weighted by Gasteiger charge is -2.33. The molecule has 0 aromatic carbocycles. The molecule has 2 rings (SSSR count). The van der Waals surface area contributed by atoms with Crippen molar-refractivity contribution in [2.45, 2.75) is 31.7 Å². The van der Waals surface area contributed by atoms with Crippen LogP contribution in [0.2, 0.25) is 0 Å². The van der Waals surface area contributed by atoms with Crippen LogP contribution in [0.1, 0.15) is 25.7 Å². The summed E-state index contributed by atoms with van der Waals surface area (Å²) in [5, 5.41) is 12.6. The lowest BCUT2D eigenvalue weighted by atomic mass is 9.83. The molecule has 1 saturated carbocycles. The first-order valence-electron chi connectivity index (χ1n) is 4.76. The molecule has 2 heteroatoms. The molecular weight excluding hydrogens is 138 g/mol. The van der Waals surface area contributed by atoms with Crippen LogP contribution >= 0.6 is 0 Å². The highest BCUT2D eigenvalue weighted by atomic mass is 16.3. The lowest BCUT2D eigenvalue weighted by molar-refractivity contribution is 0.127. The largest absolute Gasteiger partial charge is 0.396 e. The third-order valence-electron chi connectivity index (χ3n) is 3.33. The fourth-order valence-corrected chi connectivity index (χ4v) is 2.70. The summed E-state index contributed by atoms with van der Waals surface area (Å²) in [6.45, 7) is 1.52. The van der Waals surface area contributed by atoms with Crippen molar-refractivity contribution >= 4 is 0 Å². The zero-order valence-electron chi connectivity index (χ0n) is 6.92. The molecule has 0 amide bonds. The minimum Gasteiger partial charge on any atom is -0.396 e. The van der Waals surface area contributed by atoms with E-state index in [9.17, 15) is 0 Å². The number of hydrogen-bond acceptors (Lipinski definition) is 2. The van der Waals surface area contributed by atoms with Crippen LogP contribution in [0.25, 0.3) is 0 Å². The van der Waals surface area contributed by atoms with Gasteiger partial charge in [-0.1, -0.05) is 6.42 Å². The average Bonchev–Trinajstić information content (AvgIpc) is 2.50. The summed E-state index contributed by atoms with van der Waals surface area (Å²) in [4.78, 5) is 0. The number of fused-ring (bicyclic) bond motifs is 1. The molecule has 0 radical (unpaired) electrons. The standard InChI is InChI=1S/C9H17NO/c11-6-7-4-5-10-9-3-1-2-8(7)9/h7-11H,1-6H2. The van der Waals surface area contributed by atoms with E-state index >= 15 is 0 Å². The highest BCUT2D eigenvalue weighted by molar-refractivity contribution is 4.91. The second kappa shape index (κ2) is 3.11. The smallest absolute Gasteiger partial charge is 0.0462 e. The zero-order valence-corrected chi connectivity index (χ0v) is 6.92. The average molecular weight is 155 g/mol. The fraction of sp³-hybridized carbons (Fsp3) is 1.00. The number of aliphatic hydroxyl groups excluding tert-OH is 1. The first-order chi connectivity index (χ1) is 5.42. The fourth-order valence-electron chi connectivity index (χ4n) is 2.70. The summed E-state index contributed by atoms with van der Waals surface area (Å²) in [6, 6.07) is 0.737. The summed E-state index contributed by atoms with van der Waals surface area (Å²) in [5.41, 5.74) is 0. The van der Waals surface area contributed by atoms with Crippen molar-refractivity contribution in [3.05, 3.63) is 0 Å². The molecule has 3 atom stereocenters. The van der Waals surface area contributed by atoms with E-state index in [0.29, 0.717) is 12.5 Å². The summed E-state index contributed by atoms with van der Waals surface area (Å²) < 4.78 is 0. The van der Waals surface area contributed by atoms with Crippen molar-refractivity contribution in [1.29, 1.82) is 0 Å². The molecule has 1 saturated heterocycles. The van der Waals surface area contributed by atoms with E-state index in [0.717, 1.165) is 18.5 Å². The van der Waals surface area contributed by atoms with Crippen LogP contribution in [0.4, 0.5) is 0 Å². The lowest BCUT2D eigenvalue weighted by Crippen LogP contribution is -2.43. The molecule has 2 N–H and O–H groups in total. The third kappa shape index (κ3) is 1.30. The molecule has 2 fully saturated rings. The SMILES string of the molecule is OCC1CCNC2CCCC12. The van der Waals surface area contributed by atoms with Crippen LogP contribution in [-0.4, -0.2) is 24.3 Å². The van der Waals surface area contributed by atoms with Gasteiger partial charge in [0.1, 0.15) is 0 Å². The Morgan fingerprint density at radius 1 is 1.27 bits per heavy atom. The highest BCUT2D eigenvalue weighted by Crippen LogP contribution is 2.35. The van der Waals surface area contributed by atoms with Gasteiger partial charge in [0.15, 0.2) is 0 Å². The number of piperidine rings is 1. The van der Waals surface area contributed by atoms with E-state index < -0.39 is 0 Å². The van der Waals surface area contributed by atoms with Crippen LogP contribution in [0.15, 0.2) is 0 Å². The third-order valence-corrected chi connectivity index (χ3v) is 3.33. The highest BCUT2D eigenvalue weighted by Gasteiger charge is 2.35. The maximum Gasteiger partial charge on any atom is 0.0462 e. The summed E-state index contributed by atoms with van der Waals surface area (Å²) in [5.74, 6) is 1.39. The van der Waals surface area contributed by atoms with Crippen molar-refractivity contribution in [2.24, 2.45) is 11.8 Å². The number of nitrogens with one attached hydrogen (secondary N) is 1. The van der Waals surface area contributed by atoms with Gasteiger partial charge in [0, 0.05) is 12.6 Å². The second-order valence-corrected chi connectivity index (χ2v) is 3.89. The molecule has 2 nitrogen and oxygen atoms in total. The molecule has 0 bridgehead atoms. The Balaban J connectivity index is 2.00. The van der Waals surface area contributed by atoms with Gasteiger partial charge in [-0.3, -0.25) is 0 Å². The van der Waals surface area contributed by atoms with Crippen molar-refractivity contribution in [2.75, 3.05) is 13.2 Å². The minimum atomic E-state index is 0.406. The van der Waals surface area contributed by atoms with Crippen molar-refractivity contribution in [3.8, 4) is 0 Å². The molecular formula is C9H17NO. The van der Waals surface area contributed by atoms with Gasteiger partial charge in [-0.25, -0.2) is 0 Å². The molecule has 0 aromatic rings.